The first-order valence-electron chi connectivity index (χ1n) is 5.33. The van der Waals surface area contributed by atoms with Crippen molar-refractivity contribution in [3.8, 4) is 0 Å². The van der Waals surface area contributed by atoms with Gasteiger partial charge in [-0.3, -0.25) is 4.79 Å². The molecular weight excluding hydrogens is 198 g/mol. The van der Waals surface area contributed by atoms with Crippen LogP contribution in [0.1, 0.15) is 27.2 Å². The molecule has 0 aliphatic carbocycles. The minimum Gasteiger partial charge on any atom is -0.354 e. The molecule has 0 fully saturated rings. The first-order valence-corrected chi connectivity index (χ1v) is 5.33. The van der Waals surface area contributed by atoms with Crippen molar-refractivity contribution in [1.29, 1.82) is 0 Å². The fourth-order valence-corrected chi connectivity index (χ4v) is 1.71. The highest BCUT2D eigenvalue weighted by Gasteiger charge is 2.13. The summed E-state index contributed by atoms with van der Waals surface area (Å²) in [4.78, 5) is 12.2. The van der Waals surface area contributed by atoms with Crippen molar-refractivity contribution in [2.45, 2.75) is 13.8 Å². The minimum atomic E-state index is 0.0955. The molecular formula is C14H15NO. The van der Waals surface area contributed by atoms with Gasteiger partial charge in [-0.1, -0.05) is 29.8 Å². The van der Waals surface area contributed by atoms with Crippen LogP contribution in [0, 0.1) is 13.8 Å². The molecule has 0 spiro atoms. The number of benzene rings is 1. The van der Waals surface area contributed by atoms with Crippen LogP contribution in [0.15, 0.2) is 36.5 Å². The van der Waals surface area contributed by atoms with Gasteiger partial charge in [-0.25, -0.2) is 0 Å². The lowest BCUT2D eigenvalue weighted by molar-refractivity contribution is 0.103. The number of hydrogen-bond acceptors (Lipinski definition) is 1. The van der Waals surface area contributed by atoms with Crippen molar-refractivity contribution in [2.24, 2.45) is 7.05 Å². The molecule has 0 unspecified atom stereocenters. The third-order valence-corrected chi connectivity index (χ3v) is 2.94. The van der Waals surface area contributed by atoms with Crippen molar-refractivity contribution in [3.05, 3.63) is 58.9 Å². The van der Waals surface area contributed by atoms with Crippen LogP contribution in [0.5, 0.6) is 0 Å². The zero-order chi connectivity index (χ0) is 11.7. The van der Waals surface area contributed by atoms with Crippen molar-refractivity contribution in [3.63, 3.8) is 0 Å². The van der Waals surface area contributed by atoms with Gasteiger partial charge in [0.25, 0.3) is 0 Å². The highest BCUT2D eigenvalue weighted by atomic mass is 16.1. The molecule has 0 amide bonds. The highest BCUT2D eigenvalue weighted by molar-refractivity contribution is 6.09. The van der Waals surface area contributed by atoms with Gasteiger partial charge in [0.1, 0.15) is 0 Å². The highest BCUT2D eigenvalue weighted by Crippen LogP contribution is 2.15. The lowest BCUT2D eigenvalue weighted by Crippen LogP contribution is -2.03. The molecule has 0 saturated heterocycles. The zero-order valence-electron chi connectivity index (χ0n) is 9.82. The minimum absolute atomic E-state index is 0.0955. The quantitative estimate of drug-likeness (QED) is 0.703. The molecule has 2 heteroatoms. The molecule has 0 atom stereocenters. The van der Waals surface area contributed by atoms with Gasteiger partial charge in [-0.15, -0.1) is 0 Å². The number of aryl methyl sites for hydroxylation is 2. The zero-order valence-corrected chi connectivity index (χ0v) is 9.82. The normalized spacial score (nSPS) is 10.4. The van der Waals surface area contributed by atoms with E-state index in [-0.39, 0.29) is 5.78 Å². The largest absolute Gasteiger partial charge is 0.354 e. The second kappa shape index (κ2) is 3.97. The predicted molar refractivity (Wildman–Crippen MR) is 64.8 cm³/mol. The van der Waals surface area contributed by atoms with Gasteiger partial charge in [-0.2, -0.15) is 0 Å². The summed E-state index contributed by atoms with van der Waals surface area (Å²) in [6.45, 7) is 3.98. The summed E-state index contributed by atoms with van der Waals surface area (Å²) in [6.07, 6.45) is 1.91. The van der Waals surface area contributed by atoms with Crippen molar-refractivity contribution in [1.82, 2.24) is 4.57 Å². The molecule has 2 nitrogen and oxygen atoms in total. The Hall–Kier alpha value is -1.83. The third-order valence-electron chi connectivity index (χ3n) is 2.94. The number of carbonyl (C=O) groups excluding carboxylic acids is 1. The fraction of sp³-hybridized carbons (Fsp3) is 0.214. The second-order valence-corrected chi connectivity index (χ2v) is 4.12. The van der Waals surface area contributed by atoms with Crippen LogP contribution in [-0.4, -0.2) is 10.4 Å². The first kappa shape index (κ1) is 10.7. The molecule has 82 valence electrons. The van der Waals surface area contributed by atoms with Crippen molar-refractivity contribution >= 4 is 5.78 Å². The average molecular weight is 213 g/mol. The topological polar surface area (TPSA) is 22.0 Å². The average Bonchev–Trinajstić information content (AvgIpc) is 2.60. The summed E-state index contributed by atoms with van der Waals surface area (Å²) in [5.41, 5.74) is 3.71. The second-order valence-electron chi connectivity index (χ2n) is 4.12. The molecule has 16 heavy (non-hydrogen) atoms. The lowest BCUT2D eigenvalue weighted by atomic mass is 10.0. The van der Waals surface area contributed by atoms with E-state index in [2.05, 4.69) is 0 Å². The standard InChI is InChI=1S/C14H15NO/c1-10-4-6-12(7-5-10)14(16)13-8-9-15(3)11(13)2/h4-9H,1-3H3. The Labute approximate surface area is 95.5 Å². The summed E-state index contributed by atoms with van der Waals surface area (Å²) >= 11 is 0. The van der Waals surface area contributed by atoms with Crippen LogP contribution in [0.2, 0.25) is 0 Å². The fourth-order valence-electron chi connectivity index (χ4n) is 1.71. The van der Waals surface area contributed by atoms with Gasteiger partial charge in [0, 0.05) is 30.1 Å². The molecule has 1 aromatic carbocycles. The van der Waals surface area contributed by atoms with Crippen LogP contribution in [0.4, 0.5) is 0 Å². The molecule has 0 N–H and O–H groups in total. The van der Waals surface area contributed by atoms with Crippen molar-refractivity contribution < 1.29 is 4.79 Å². The van der Waals surface area contributed by atoms with E-state index in [1.165, 1.54) is 5.56 Å². The number of ketones is 1. The van der Waals surface area contributed by atoms with Gasteiger partial charge in [0.2, 0.25) is 0 Å². The van der Waals surface area contributed by atoms with E-state index in [1.807, 2.05) is 62.0 Å². The molecule has 2 rings (SSSR count). The molecule has 0 aliphatic rings. The van der Waals surface area contributed by atoms with Gasteiger partial charge in [-0.05, 0) is 19.9 Å². The number of hydrogen-bond donors (Lipinski definition) is 0. The first-order chi connectivity index (χ1) is 7.59. The maximum atomic E-state index is 12.2. The van der Waals surface area contributed by atoms with Gasteiger partial charge >= 0.3 is 0 Å². The molecule has 0 bridgehead atoms. The maximum absolute atomic E-state index is 12.2. The van der Waals surface area contributed by atoms with Crippen LogP contribution < -0.4 is 0 Å². The Morgan fingerprint density at radius 3 is 2.19 bits per heavy atom. The molecule has 2 aromatic rings. The summed E-state index contributed by atoms with van der Waals surface area (Å²) < 4.78 is 1.96. The number of nitrogens with zero attached hydrogens (tertiary/aromatic N) is 1. The Kier molecular flexibility index (Phi) is 2.65. The van der Waals surface area contributed by atoms with E-state index < -0.39 is 0 Å². The van der Waals surface area contributed by atoms with Gasteiger partial charge in [0.05, 0.1) is 0 Å². The summed E-state index contributed by atoms with van der Waals surface area (Å²) in [5.74, 6) is 0.0955. The van der Waals surface area contributed by atoms with Crippen LogP contribution in [0.3, 0.4) is 0 Å². The Bertz CT molecular complexity index is 520. The molecule has 1 aromatic heterocycles. The summed E-state index contributed by atoms with van der Waals surface area (Å²) in [5, 5.41) is 0. The van der Waals surface area contributed by atoms with E-state index in [4.69, 9.17) is 0 Å². The molecule has 1 heterocycles. The van der Waals surface area contributed by atoms with E-state index >= 15 is 0 Å². The molecule has 0 saturated carbocycles. The van der Waals surface area contributed by atoms with Gasteiger partial charge in [0.15, 0.2) is 5.78 Å². The van der Waals surface area contributed by atoms with Crippen LogP contribution in [-0.2, 0) is 7.05 Å². The summed E-state index contributed by atoms with van der Waals surface area (Å²) in [6, 6.07) is 9.56. The van der Waals surface area contributed by atoms with Crippen LogP contribution in [0.25, 0.3) is 0 Å². The predicted octanol–water partition coefficient (Wildman–Crippen LogP) is 2.87. The van der Waals surface area contributed by atoms with E-state index in [1.54, 1.807) is 0 Å². The van der Waals surface area contributed by atoms with Crippen molar-refractivity contribution in [2.75, 3.05) is 0 Å². The monoisotopic (exact) mass is 213 g/mol. The molecule has 0 radical (unpaired) electrons. The maximum Gasteiger partial charge on any atom is 0.194 e. The SMILES string of the molecule is Cc1ccc(C(=O)c2ccn(C)c2C)cc1. The van der Waals surface area contributed by atoms with Gasteiger partial charge < -0.3 is 4.57 Å². The lowest BCUT2D eigenvalue weighted by Gasteiger charge is -2.02. The van der Waals surface area contributed by atoms with Crippen LogP contribution >= 0.6 is 0 Å². The van der Waals surface area contributed by atoms with E-state index in [0.29, 0.717) is 0 Å². The van der Waals surface area contributed by atoms with E-state index in [9.17, 15) is 4.79 Å². The number of aromatic nitrogens is 1. The Morgan fingerprint density at radius 1 is 1.06 bits per heavy atom. The summed E-state index contributed by atoms with van der Waals surface area (Å²) in [7, 11) is 1.95. The number of carbonyl (C=O) groups is 1. The van der Waals surface area contributed by atoms with E-state index in [0.717, 1.165) is 16.8 Å². The third kappa shape index (κ3) is 1.78. The number of rotatable bonds is 2. The Morgan fingerprint density at radius 2 is 1.69 bits per heavy atom. The molecule has 0 aliphatic heterocycles. The Balaban J connectivity index is 2.39. The smallest absolute Gasteiger partial charge is 0.194 e.